The number of aryl methyl sites for hydroxylation is 1. The molecule has 0 bridgehead atoms. The molecule has 3 rings (SSSR count). The fourth-order valence-electron chi connectivity index (χ4n) is 2.24. The predicted octanol–water partition coefficient (Wildman–Crippen LogP) is 3.46. The first kappa shape index (κ1) is 15.3. The van der Waals surface area contributed by atoms with E-state index >= 15 is 0 Å². The summed E-state index contributed by atoms with van der Waals surface area (Å²) in [5, 5.41) is 19.8. The fourth-order valence-corrected chi connectivity index (χ4v) is 2.24. The molecule has 0 aliphatic rings. The predicted molar refractivity (Wildman–Crippen MR) is 92.3 cm³/mol. The normalized spacial score (nSPS) is 10.0. The molecule has 116 valence electrons. The molecule has 0 fully saturated rings. The molecule has 0 saturated carbocycles. The van der Waals surface area contributed by atoms with Crippen LogP contribution in [0.2, 0.25) is 0 Å². The van der Waals surface area contributed by atoms with Gasteiger partial charge in [-0.1, -0.05) is 18.2 Å². The van der Waals surface area contributed by atoms with Gasteiger partial charge in [-0.15, -0.1) is 0 Å². The zero-order valence-corrected chi connectivity index (χ0v) is 13.0. The minimum atomic E-state index is 0.311. The quantitative estimate of drug-likeness (QED) is 0.719. The van der Waals surface area contributed by atoms with E-state index in [1.54, 1.807) is 12.3 Å². The Morgan fingerprint density at radius 2 is 2.04 bits per heavy atom. The van der Waals surface area contributed by atoms with E-state index in [9.17, 15) is 0 Å². The third-order valence-corrected chi connectivity index (χ3v) is 3.39. The van der Waals surface area contributed by atoms with Crippen LogP contribution in [0.5, 0.6) is 0 Å². The second kappa shape index (κ2) is 6.67. The summed E-state index contributed by atoms with van der Waals surface area (Å²) in [6, 6.07) is 14.7. The van der Waals surface area contributed by atoms with E-state index in [4.69, 9.17) is 10.7 Å². The van der Waals surface area contributed by atoms with Crippen molar-refractivity contribution in [2.24, 2.45) is 0 Å². The number of benzene rings is 1. The highest BCUT2D eigenvalue weighted by Gasteiger charge is 2.08. The van der Waals surface area contributed by atoms with Gasteiger partial charge in [0.25, 0.3) is 0 Å². The van der Waals surface area contributed by atoms with Crippen molar-refractivity contribution in [3.8, 4) is 17.5 Å². The average molecular weight is 314 g/mol. The van der Waals surface area contributed by atoms with Crippen LogP contribution in [0.25, 0.3) is 11.4 Å². The zero-order chi connectivity index (χ0) is 16.9. The van der Waals surface area contributed by atoms with E-state index in [1.165, 1.54) is 6.21 Å². The number of anilines is 2. The van der Waals surface area contributed by atoms with Crippen molar-refractivity contribution < 1.29 is 0 Å². The summed E-state index contributed by atoms with van der Waals surface area (Å²) in [5.41, 5.74) is 3.42. The fraction of sp³-hybridized carbons (Fsp3) is 0.0556. The van der Waals surface area contributed by atoms with Crippen molar-refractivity contribution in [1.82, 2.24) is 15.0 Å². The molecule has 2 aromatic heterocycles. The molecule has 0 saturated heterocycles. The molecule has 2 N–H and O–H groups in total. The summed E-state index contributed by atoms with van der Waals surface area (Å²) in [4.78, 5) is 12.8. The average Bonchev–Trinajstić information content (AvgIpc) is 2.62. The standard InChI is InChI=1S/C18H14N6/c1-12-3-2-4-17(22-12)24-16-9-13(5-6-14(16)10-19)18-21-8-7-15(11-20)23-18/h2-10,19H,1H3,(H,22,24). The maximum Gasteiger partial charge on any atom is 0.160 e. The second-order valence-corrected chi connectivity index (χ2v) is 5.11. The molecule has 24 heavy (non-hydrogen) atoms. The molecule has 0 unspecified atom stereocenters. The van der Waals surface area contributed by atoms with E-state index in [-0.39, 0.29) is 0 Å². The van der Waals surface area contributed by atoms with Gasteiger partial charge in [0.1, 0.15) is 17.6 Å². The van der Waals surface area contributed by atoms with Gasteiger partial charge >= 0.3 is 0 Å². The lowest BCUT2D eigenvalue weighted by molar-refractivity contribution is 1.15. The number of hydrogen-bond donors (Lipinski definition) is 2. The molecular weight excluding hydrogens is 300 g/mol. The Bertz CT molecular complexity index is 942. The molecule has 0 aliphatic carbocycles. The Labute approximate surface area is 139 Å². The van der Waals surface area contributed by atoms with Crippen LogP contribution in [0.1, 0.15) is 17.0 Å². The molecule has 1 aromatic carbocycles. The van der Waals surface area contributed by atoms with Crippen molar-refractivity contribution >= 4 is 17.7 Å². The van der Waals surface area contributed by atoms with E-state index in [0.717, 1.165) is 22.5 Å². The summed E-state index contributed by atoms with van der Waals surface area (Å²) in [6.45, 7) is 1.92. The van der Waals surface area contributed by atoms with Crippen LogP contribution >= 0.6 is 0 Å². The first-order valence-corrected chi connectivity index (χ1v) is 7.28. The lowest BCUT2D eigenvalue weighted by Gasteiger charge is -2.11. The number of nitrogens with one attached hydrogen (secondary N) is 2. The number of nitriles is 1. The van der Waals surface area contributed by atoms with Gasteiger partial charge in [0, 0.05) is 34.9 Å². The smallest absolute Gasteiger partial charge is 0.160 e. The summed E-state index contributed by atoms with van der Waals surface area (Å²) >= 11 is 0. The van der Waals surface area contributed by atoms with Crippen molar-refractivity contribution in [3.05, 3.63) is 65.6 Å². The van der Waals surface area contributed by atoms with Crippen LogP contribution in [0, 0.1) is 23.7 Å². The number of aromatic nitrogens is 3. The zero-order valence-electron chi connectivity index (χ0n) is 13.0. The van der Waals surface area contributed by atoms with Crippen LogP contribution in [-0.2, 0) is 0 Å². The highest BCUT2D eigenvalue weighted by molar-refractivity contribution is 5.89. The SMILES string of the molecule is Cc1cccc(Nc2cc(-c3nccc(C#N)n3)ccc2C=N)n1. The topological polar surface area (TPSA) is 98.3 Å². The van der Waals surface area contributed by atoms with E-state index < -0.39 is 0 Å². The Balaban J connectivity index is 2.02. The lowest BCUT2D eigenvalue weighted by atomic mass is 10.1. The highest BCUT2D eigenvalue weighted by atomic mass is 15.0. The third kappa shape index (κ3) is 3.25. The van der Waals surface area contributed by atoms with E-state index in [0.29, 0.717) is 17.3 Å². The molecule has 0 spiro atoms. The number of hydrogen-bond acceptors (Lipinski definition) is 6. The van der Waals surface area contributed by atoms with Gasteiger partial charge in [0.2, 0.25) is 0 Å². The van der Waals surface area contributed by atoms with Crippen molar-refractivity contribution in [2.75, 3.05) is 5.32 Å². The Hall–Kier alpha value is -3.59. The summed E-state index contributed by atoms with van der Waals surface area (Å²) < 4.78 is 0. The summed E-state index contributed by atoms with van der Waals surface area (Å²) in [7, 11) is 0. The monoisotopic (exact) mass is 314 g/mol. The molecule has 0 radical (unpaired) electrons. The minimum absolute atomic E-state index is 0.311. The Morgan fingerprint density at radius 1 is 1.17 bits per heavy atom. The summed E-state index contributed by atoms with van der Waals surface area (Å²) in [6.07, 6.45) is 2.83. The molecule has 0 aliphatic heterocycles. The van der Waals surface area contributed by atoms with Crippen LogP contribution in [0.3, 0.4) is 0 Å². The van der Waals surface area contributed by atoms with E-state index in [1.807, 2.05) is 49.4 Å². The van der Waals surface area contributed by atoms with Crippen LogP contribution in [0.15, 0.2) is 48.7 Å². The molecule has 3 aromatic rings. The minimum Gasteiger partial charge on any atom is -0.340 e. The van der Waals surface area contributed by atoms with Crippen LogP contribution in [-0.4, -0.2) is 21.2 Å². The van der Waals surface area contributed by atoms with Gasteiger partial charge in [-0.3, -0.25) is 0 Å². The molecule has 6 heteroatoms. The largest absolute Gasteiger partial charge is 0.340 e. The van der Waals surface area contributed by atoms with Gasteiger partial charge in [-0.05, 0) is 31.2 Å². The number of pyridine rings is 1. The lowest BCUT2D eigenvalue weighted by Crippen LogP contribution is -1.99. The van der Waals surface area contributed by atoms with Crippen molar-refractivity contribution in [3.63, 3.8) is 0 Å². The molecule has 0 amide bonds. The van der Waals surface area contributed by atoms with Crippen molar-refractivity contribution in [1.29, 1.82) is 10.7 Å². The Kier molecular flexibility index (Phi) is 4.25. The Morgan fingerprint density at radius 3 is 2.79 bits per heavy atom. The molecule has 0 atom stereocenters. The van der Waals surface area contributed by atoms with Gasteiger partial charge in [-0.2, -0.15) is 5.26 Å². The van der Waals surface area contributed by atoms with Crippen molar-refractivity contribution in [2.45, 2.75) is 6.92 Å². The number of rotatable bonds is 4. The maximum absolute atomic E-state index is 8.98. The third-order valence-electron chi connectivity index (χ3n) is 3.39. The van der Waals surface area contributed by atoms with Gasteiger partial charge < -0.3 is 10.7 Å². The molecular formula is C18H14N6. The van der Waals surface area contributed by atoms with Gasteiger partial charge in [-0.25, -0.2) is 15.0 Å². The number of nitrogens with zero attached hydrogens (tertiary/aromatic N) is 4. The highest BCUT2D eigenvalue weighted by Crippen LogP contribution is 2.25. The van der Waals surface area contributed by atoms with Crippen LogP contribution in [0.4, 0.5) is 11.5 Å². The molecule has 6 nitrogen and oxygen atoms in total. The summed E-state index contributed by atoms with van der Waals surface area (Å²) in [5.74, 6) is 1.16. The van der Waals surface area contributed by atoms with Gasteiger partial charge in [0.05, 0.1) is 0 Å². The molecule has 2 heterocycles. The van der Waals surface area contributed by atoms with Gasteiger partial charge in [0.15, 0.2) is 5.82 Å². The first-order chi connectivity index (χ1) is 11.7. The second-order valence-electron chi connectivity index (χ2n) is 5.11. The van der Waals surface area contributed by atoms with E-state index in [2.05, 4.69) is 20.3 Å². The van der Waals surface area contributed by atoms with Crippen LogP contribution < -0.4 is 5.32 Å². The maximum atomic E-state index is 8.98. The first-order valence-electron chi connectivity index (χ1n) is 7.28.